The van der Waals surface area contributed by atoms with Gasteiger partial charge in [0, 0.05) is 26.8 Å². The third-order valence-corrected chi connectivity index (χ3v) is 5.03. The molecule has 3 aromatic rings. The highest BCUT2D eigenvalue weighted by molar-refractivity contribution is 6.28. The SMILES string of the molecule is CO[C@@H](C)c1c(Nc2ccc(C(C)N(C)C(C)=O)cc2)cnc2nc(Cl)nn12. The fourth-order valence-electron chi connectivity index (χ4n) is 2.92. The van der Waals surface area contributed by atoms with Crippen LogP contribution in [0.25, 0.3) is 5.78 Å². The molecular formula is C19H23ClN6O2. The van der Waals surface area contributed by atoms with Crippen LogP contribution in [0.3, 0.4) is 0 Å². The Kier molecular flexibility index (Phi) is 5.81. The Labute approximate surface area is 168 Å². The molecule has 0 aliphatic carbocycles. The van der Waals surface area contributed by atoms with Crippen LogP contribution in [0.2, 0.25) is 5.28 Å². The lowest BCUT2D eigenvalue weighted by atomic mass is 10.1. The lowest BCUT2D eigenvalue weighted by molar-refractivity contribution is -0.129. The maximum absolute atomic E-state index is 11.6. The van der Waals surface area contributed by atoms with Gasteiger partial charge < -0.3 is 15.0 Å². The van der Waals surface area contributed by atoms with Gasteiger partial charge in [-0.1, -0.05) is 12.1 Å². The average Bonchev–Trinajstić information content (AvgIpc) is 3.06. The van der Waals surface area contributed by atoms with Crippen molar-refractivity contribution in [3.8, 4) is 0 Å². The quantitative estimate of drug-likeness (QED) is 0.675. The molecule has 2 atom stereocenters. The second kappa shape index (κ2) is 8.12. The summed E-state index contributed by atoms with van der Waals surface area (Å²) in [6.45, 7) is 5.47. The van der Waals surface area contributed by atoms with Crippen LogP contribution in [0.5, 0.6) is 0 Å². The van der Waals surface area contributed by atoms with Crippen LogP contribution in [0.4, 0.5) is 11.4 Å². The first kappa shape index (κ1) is 20.0. The summed E-state index contributed by atoms with van der Waals surface area (Å²) < 4.78 is 7.07. The largest absolute Gasteiger partial charge is 0.375 e. The number of hydrogen-bond donors (Lipinski definition) is 1. The predicted octanol–water partition coefficient (Wildman–Crippen LogP) is 3.77. The van der Waals surface area contributed by atoms with E-state index in [1.165, 1.54) is 0 Å². The lowest BCUT2D eigenvalue weighted by Gasteiger charge is -2.24. The van der Waals surface area contributed by atoms with Gasteiger partial charge in [-0.2, -0.15) is 9.50 Å². The Hall–Kier alpha value is -2.71. The van der Waals surface area contributed by atoms with E-state index in [1.807, 2.05) is 38.1 Å². The van der Waals surface area contributed by atoms with E-state index in [-0.39, 0.29) is 23.3 Å². The summed E-state index contributed by atoms with van der Waals surface area (Å²) in [5.41, 5.74) is 3.43. The minimum Gasteiger partial charge on any atom is -0.375 e. The minimum absolute atomic E-state index is 0.00840. The molecule has 1 N–H and O–H groups in total. The molecule has 1 amide bonds. The Balaban J connectivity index is 1.91. The topological polar surface area (TPSA) is 84.6 Å². The van der Waals surface area contributed by atoms with Crippen LogP contribution in [-0.4, -0.2) is 44.5 Å². The number of hydrogen-bond acceptors (Lipinski definition) is 6. The third kappa shape index (κ3) is 3.93. The number of carbonyl (C=O) groups is 1. The smallest absolute Gasteiger partial charge is 0.253 e. The van der Waals surface area contributed by atoms with Crippen molar-refractivity contribution in [1.82, 2.24) is 24.5 Å². The number of ether oxygens (including phenoxy) is 1. The summed E-state index contributed by atoms with van der Waals surface area (Å²) in [6.07, 6.45) is 1.43. The fourth-order valence-corrected chi connectivity index (χ4v) is 3.07. The molecule has 2 heterocycles. The van der Waals surface area contributed by atoms with E-state index in [2.05, 4.69) is 20.4 Å². The first-order valence-electron chi connectivity index (χ1n) is 8.86. The van der Waals surface area contributed by atoms with Crippen molar-refractivity contribution in [1.29, 1.82) is 0 Å². The first-order valence-corrected chi connectivity index (χ1v) is 9.24. The number of fused-ring (bicyclic) bond motifs is 1. The zero-order chi connectivity index (χ0) is 20.4. The van der Waals surface area contributed by atoms with Gasteiger partial charge in [0.2, 0.25) is 11.2 Å². The monoisotopic (exact) mass is 402 g/mol. The highest BCUT2D eigenvalue weighted by Crippen LogP contribution is 2.29. The summed E-state index contributed by atoms with van der Waals surface area (Å²) in [5.74, 6) is 0.435. The third-order valence-electron chi connectivity index (χ3n) is 4.87. The predicted molar refractivity (Wildman–Crippen MR) is 108 cm³/mol. The number of anilines is 2. The highest BCUT2D eigenvalue weighted by Gasteiger charge is 2.19. The van der Waals surface area contributed by atoms with Crippen LogP contribution in [-0.2, 0) is 9.53 Å². The molecule has 148 valence electrons. The summed E-state index contributed by atoms with van der Waals surface area (Å²) >= 11 is 5.94. The molecule has 0 saturated carbocycles. The van der Waals surface area contributed by atoms with Crippen molar-refractivity contribution in [2.24, 2.45) is 0 Å². The molecule has 0 aliphatic rings. The average molecular weight is 403 g/mol. The molecule has 0 bridgehead atoms. The van der Waals surface area contributed by atoms with Crippen molar-refractivity contribution in [2.75, 3.05) is 19.5 Å². The van der Waals surface area contributed by atoms with E-state index >= 15 is 0 Å². The van der Waals surface area contributed by atoms with Crippen molar-refractivity contribution in [2.45, 2.75) is 32.9 Å². The van der Waals surface area contributed by atoms with Gasteiger partial charge in [-0.15, -0.1) is 5.10 Å². The molecule has 0 fully saturated rings. The molecule has 1 aromatic carbocycles. The summed E-state index contributed by atoms with van der Waals surface area (Å²) in [5, 5.41) is 7.69. The number of halogens is 1. The second-order valence-corrected chi connectivity index (χ2v) is 6.92. The normalized spacial score (nSPS) is 13.4. The van der Waals surface area contributed by atoms with E-state index < -0.39 is 0 Å². The van der Waals surface area contributed by atoms with E-state index in [9.17, 15) is 4.79 Å². The zero-order valence-electron chi connectivity index (χ0n) is 16.5. The van der Waals surface area contributed by atoms with Crippen LogP contribution in [0.1, 0.15) is 44.2 Å². The summed E-state index contributed by atoms with van der Waals surface area (Å²) in [6, 6.07) is 7.89. The molecule has 8 nitrogen and oxygen atoms in total. The zero-order valence-corrected chi connectivity index (χ0v) is 17.2. The molecule has 0 spiro atoms. The van der Waals surface area contributed by atoms with Crippen molar-refractivity contribution < 1.29 is 9.53 Å². The number of amides is 1. The van der Waals surface area contributed by atoms with Crippen LogP contribution >= 0.6 is 11.6 Å². The number of benzene rings is 1. The van der Waals surface area contributed by atoms with Crippen molar-refractivity contribution >= 4 is 34.7 Å². The molecule has 0 aliphatic heterocycles. The van der Waals surface area contributed by atoms with Gasteiger partial charge in [-0.3, -0.25) is 4.79 Å². The maximum atomic E-state index is 11.6. The number of carbonyl (C=O) groups excluding carboxylic acids is 1. The van der Waals surface area contributed by atoms with Crippen molar-refractivity contribution in [3.05, 3.63) is 47.0 Å². The molecule has 0 saturated heterocycles. The van der Waals surface area contributed by atoms with Gasteiger partial charge >= 0.3 is 0 Å². The lowest BCUT2D eigenvalue weighted by Crippen LogP contribution is -2.27. The molecule has 1 unspecified atom stereocenters. The van der Waals surface area contributed by atoms with Crippen LogP contribution in [0, 0.1) is 0 Å². The van der Waals surface area contributed by atoms with Gasteiger partial charge in [0.15, 0.2) is 0 Å². The molecule has 9 heteroatoms. The fraction of sp³-hybridized carbons (Fsp3) is 0.368. The molecule has 3 rings (SSSR count). The Morgan fingerprint density at radius 2 is 1.96 bits per heavy atom. The Bertz CT molecular complexity index is 988. The van der Waals surface area contributed by atoms with E-state index in [0.29, 0.717) is 5.78 Å². The highest BCUT2D eigenvalue weighted by atomic mass is 35.5. The van der Waals surface area contributed by atoms with E-state index in [0.717, 1.165) is 22.6 Å². The van der Waals surface area contributed by atoms with Gasteiger partial charge in [0.05, 0.1) is 29.7 Å². The number of methoxy groups -OCH3 is 1. The number of nitrogens with one attached hydrogen (secondary N) is 1. The first-order chi connectivity index (χ1) is 13.3. The Morgan fingerprint density at radius 1 is 1.29 bits per heavy atom. The Morgan fingerprint density at radius 3 is 2.57 bits per heavy atom. The number of nitrogens with zero attached hydrogens (tertiary/aromatic N) is 5. The van der Waals surface area contributed by atoms with Crippen LogP contribution < -0.4 is 5.32 Å². The molecule has 0 radical (unpaired) electrons. The molecule has 2 aromatic heterocycles. The summed E-state index contributed by atoms with van der Waals surface area (Å²) in [7, 11) is 3.42. The minimum atomic E-state index is -0.255. The summed E-state index contributed by atoms with van der Waals surface area (Å²) in [4.78, 5) is 21.7. The number of aromatic nitrogens is 4. The van der Waals surface area contributed by atoms with E-state index in [4.69, 9.17) is 16.3 Å². The maximum Gasteiger partial charge on any atom is 0.253 e. The van der Waals surface area contributed by atoms with Gasteiger partial charge in [-0.25, -0.2) is 4.98 Å². The van der Waals surface area contributed by atoms with Gasteiger partial charge in [0.1, 0.15) is 0 Å². The van der Waals surface area contributed by atoms with Gasteiger partial charge in [-0.05, 0) is 43.1 Å². The second-order valence-electron chi connectivity index (χ2n) is 6.58. The standard InChI is InChI=1S/C19H23ClN6O2/c1-11(25(4)13(3)27)14-6-8-15(9-7-14)22-16-10-21-19-23-18(20)24-26(19)17(16)12(2)28-5/h6-12,22H,1-5H3/t11?,12-/m0/s1. The number of rotatable bonds is 6. The van der Waals surface area contributed by atoms with Crippen LogP contribution in [0.15, 0.2) is 30.5 Å². The van der Waals surface area contributed by atoms with E-state index in [1.54, 1.807) is 36.7 Å². The molecule has 28 heavy (non-hydrogen) atoms. The molecular weight excluding hydrogens is 380 g/mol. The van der Waals surface area contributed by atoms with Gasteiger partial charge in [0.25, 0.3) is 5.78 Å². The van der Waals surface area contributed by atoms with Crippen molar-refractivity contribution in [3.63, 3.8) is 0 Å².